The molecule has 1 aromatic carbocycles. The van der Waals surface area contributed by atoms with Gasteiger partial charge < -0.3 is 24.5 Å². The summed E-state index contributed by atoms with van der Waals surface area (Å²) in [7, 11) is 0. The van der Waals surface area contributed by atoms with Gasteiger partial charge in [-0.05, 0) is 24.8 Å². The predicted molar refractivity (Wildman–Crippen MR) is 123 cm³/mol. The third-order valence-electron chi connectivity index (χ3n) is 6.67. The van der Waals surface area contributed by atoms with Crippen LogP contribution in [0, 0.1) is 11.7 Å². The van der Waals surface area contributed by atoms with E-state index in [0.29, 0.717) is 31.9 Å². The summed E-state index contributed by atoms with van der Waals surface area (Å²) in [5.41, 5.74) is 0.630. The predicted octanol–water partition coefficient (Wildman–Crippen LogP) is 2.02. The molecular formula is C25H27FN4NbO4. The molecular weight excluding hydrogens is 532 g/mol. The SMILES string of the molecule is O=[C-]c1ccccc1N([C-]=O)Cc1cc(C(=O)N2CCN(C(O)C3CCCC3)CC2)c(F)cn1.[Nb+2]. The molecule has 2 fully saturated rings. The molecule has 1 atom stereocenters. The molecule has 1 aliphatic heterocycles. The van der Waals surface area contributed by atoms with Crippen molar-refractivity contribution >= 4 is 24.3 Å². The molecule has 10 heteroatoms. The third-order valence-corrected chi connectivity index (χ3v) is 6.67. The standard InChI is InChI=1S/C25H27FN4O4.Nb/c26-22-14-27-20(15-30(17-32)23-8-4-3-7-19(23)16-31)13-21(22)25(34)29-11-9-28(10-12-29)24(33)18-5-1-2-6-18;/h3-4,7-8,13-14,18,24,33H,1-2,5-6,9-12,15H2;/q-2;+2. The first kappa shape index (κ1) is 27.2. The molecule has 2 aromatic rings. The topological polar surface area (TPSA) is 94.1 Å². The summed E-state index contributed by atoms with van der Waals surface area (Å²) in [4.78, 5) is 44.5. The summed E-state index contributed by atoms with van der Waals surface area (Å²) in [5, 5.41) is 10.6. The third kappa shape index (κ3) is 6.23. The molecule has 35 heavy (non-hydrogen) atoms. The maximum Gasteiger partial charge on any atom is 2.00 e. The number of aliphatic hydroxyl groups excluding tert-OH is 1. The van der Waals surface area contributed by atoms with Gasteiger partial charge in [-0.2, -0.15) is 11.6 Å². The fraction of sp³-hybridized carbons (Fsp3) is 0.440. The first-order valence-corrected chi connectivity index (χ1v) is 11.5. The average molecular weight is 559 g/mol. The van der Waals surface area contributed by atoms with E-state index in [2.05, 4.69) is 4.98 Å². The maximum atomic E-state index is 14.5. The number of benzene rings is 1. The second-order valence-corrected chi connectivity index (χ2v) is 8.74. The van der Waals surface area contributed by atoms with Crippen molar-refractivity contribution in [2.24, 2.45) is 5.92 Å². The zero-order chi connectivity index (χ0) is 24.1. The normalized spacial score (nSPS) is 17.5. The van der Waals surface area contributed by atoms with E-state index in [9.17, 15) is 23.9 Å². The minimum Gasteiger partial charge on any atom is -0.473 e. The Morgan fingerprint density at radius 3 is 2.51 bits per heavy atom. The number of anilines is 1. The zero-order valence-electron chi connectivity index (χ0n) is 19.3. The molecule has 2 aliphatic rings. The van der Waals surface area contributed by atoms with Crippen LogP contribution in [-0.4, -0.2) is 70.9 Å². The van der Waals surface area contributed by atoms with Gasteiger partial charge in [0.15, 0.2) is 5.82 Å². The number of hydrogen-bond donors (Lipinski definition) is 1. The van der Waals surface area contributed by atoms with Crippen molar-refractivity contribution in [2.45, 2.75) is 38.5 Å². The average Bonchev–Trinajstić information content (AvgIpc) is 3.42. The van der Waals surface area contributed by atoms with Crippen LogP contribution < -0.4 is 4.90 Å². The zero-order valence-corrected chi connectivity index (χ0v) is 21.5. The molecule has 1 radical (unpaired) electrons. The molecule has 1 unspecified atom stereocenters. The van der Waals surface area contributed by atoms with Crippen molar-refractivity contribution in [3.63, 3.8) is 0 Å². The first-order chi connectivity index (χ1) is 16.5. The van der Waals surface area contributed by atoms with Crippen LogP contribution in [0.25, 0.3) is 0 Å². The number of nitrogens with zero attached hydrogens (tertiary/aromatic N) is 4. The number of rotatable bonds is 8. The Balaban J connectivity index is 0.00000342. The summed E-state index contributed by atoms with van der Waals surface area (Å²) in [6.07, 6.45) is 8.32. The van der Waals surface area contributed by atoms with Gasteiger partial charge in [-0.25, -0.2) is 4.39 Å². The second-order valence-electron chi connectivity index (χ2n) is 8.74. The number of carbonyl (C=O) groups is 1. The van der Waals surface area contributed by atoms with Crippen molar-refractivity contribution in [1.82, 2.24) is 14.8 Å². The molecule has 0 bridgehead atoms. The summed E-state index contributed by atoms with van der Waals surface area (Å²) < 4.78 is 14.5. The second kappa shape index (κ2) is 12.5. The van der Waals surface area contributed by atoms with Crippen LogP contribution in [-0.2, 0) is 38.5 Å². The van der Waals surface area contributed by atoms with Crippen LogP contribution in [0.15, 0.2) is 36.5 Å². The Hall–Kier alpha value is -2.43. The van der Waals surface area contributed by atoms with Crippen LogP contribution in [0.5, 0.6) is 0 Å². The van der Waals surface area contributed by atoms with Gasteiger partial charge in [-0.1, -0.05) is 18.9 Å². The van der Waals surface area contributed by atoms with Crippen molar-refractivity contribution in [2.75, 3.05) is 31.1 Å². The van der Waals surface area contributed by atoms with Crippen LogP contribution >= 0.6 is 0 Å². The molecule has 1 aliphatic carbocycles. The van der Waals surface area contributed by atoms with Gasteiger partial charge in [0, 0.05) is 32.7 Å². The van der Waals surface area contributed by atoms with Crippen LogP contribution in [0.4, 0.5) is 10.1 Å². The number of para-hydroxylation sites is 1. The molecule has 2 heterocycles. The van der Waals surface area contributed by atoms with Gasteiger partial charge in [0.1, 0.15) is 6.23 Å². The number of halogens is 1. The van der Waals surface area contributed by atoms with E-state index in [0.717, 1.165) is 36.8 Å². The Morgan fingerprint density at radius 1 is 1.17 bits per heavy atom. The van der Waals surface area contributed by atoms with E-state index in [1.165, 1.54) is 12.1 Å². The fourth-order valence-corrected chi connectivity index (χ4v) is 4.77. The Kier molecular flexibility index (Phi) is 9.71. The van der Waals surface area contributed by atoms with E-state index < -0.39 is 18.0 Å². The maximum absolute atomic E-state index is 14.5. The van der Waals surface area contributed by atoms with E-state index in [-0.39, 0.29) is 51.7 Å². The fourth-order valence-electron chi connectivity index (χ4n) is 4.77. The van der Waals surface area contributed by atoms with E-state index >= 15 is 0 Å². The number of aliphatic hydroxyl groups is 1. The van der Waals surface area contributed by atoms with Crippen molar-refractivity contribution in [1.29, 1.82) is 0 Å². The molecule has 8 nitrogen and oxygen atoms in total. The number of pyridine rings is 1. The Morgan fingerprint density at radius 2 is 1.86 bits per heavy atom. The molecule has 183 valence electrons. The van der Waals surface area contributed by atoms with Crippen LogP contribution in [0.3, 0.4) is 0 Å². The largest absolute Gasteiger partial charge is 2.00 e. The number of amides is 2. The number of piperazine rings is 1. The van der Waals surface area contributed by atoms with Gasteiger partial charge in [0.25, 0.3) is 5.91 Å². The molecule has 1 aromatic heterocycles. The van der Waals surface area contributed by atoms with Gasteiger partial charge in [0.05, 0.1) is 30.2 Å². The van der Waals surface area contributed by atoms with Gasteiger partial charge >= 0.3 is 22.4 Å². The summed E-state index contributed by atoms with van der Waals surface area (Å²) >= 11 is 0. The van der Waals surface area contributed by atoms with Crippen LogP contribution in [0.1, 0.15) is 47.3 Å². The van der Waals surface area contributed by atoms with Crippen molar-refractivity contribution in [3.8, 4) is 0 Å². The number of aromatic nitrogens is 1. The summed E-state index contributed by atoms with van der Waals surface area (Å²) in [6.45, 7) is 1.72. The minimum absolute atomic E-state index is 0. The Bertz CT molecular complexity index is 1040. The molecule has 2 amide bonds. The summed E-state index contributed by atoms with van der Waals surface area (Å²) in [5.74, 6) is -0.924. The van der Waals surface area contributed by atoms with Gasteiger partial charge in [-0.15, -0.1) is 17.8 Å². The molecule has 4 rings (SSSR count). The number of hydrogen-bond acceptors (Lipinski definition) is 6. The first-order valence-electron chi connectivity index (χ1n) is 11.5. The summed E-state index contributed by atoms with van der Waals surface area (Å²) in [6, 6.07) is 7.72. The quantitative estimate of drug-likeness (QED) is 0.302. The van der Waals surface area contributed by atoms with E-state index in [1.807, 2.05) is 4.90 Å². The molecule has 1 saturated carbocycles. The minimum atomic E-state index is -0.745. The monoisotopic (exact) mass is 559 g/mol. The van der Waals surface area contributed by atoms with Gasteiger partial charge in [-0.3, -0.25) is 14.7 Å². The van der Waals surface area contributed by atoms with Gasteiger partial charge in [0.2, 0.25) is 0 Å². The van der Waals surface area contributed by atoms with E-state index in [1.54, 1.807) is 35.8 Å². The van der Waals surface area contributed by atoms with Crippen molar-refractivity contribution in [3.05, 3.63) is 59.2 Å². The molecule has 0 spiro atoms. The smallest absolute Gasteiger partial charge is 0.473 e. The van der Waals surface area contributed by atoms with Crippen molar-refractivity contribution < 1.29 is 46.3 Å². The van der Waals surface area contributed by atoms with Crippen LogP contribution in [0.2, 0.25) is 0 Å². The molecule has 1 N–H and O–H groups in total. The molecule has 1 saturated heterocycles. The number of carbonyl (C=O) groups excluding carboxylic acids is 3. The van der Waals surface area contributed by atoms with E-state index in [4.69, 9.17) is 0 Å². The Labute approximate surface area is 219 Å².